The first-order valence-electron chi connectivity index (χ1n) is 7.15. The van der Waals surface area contributed by atoms with E-state index >= 15 is 0 Å². The summed E-state index contributed by atoms with van der Waals surface area (Å²) in [6.07, 6.45) is 0.858. The van der Waals surface area contributed by atoms with Crippen LogP contribution in [-0.2, 0) is 13.0 Å². The van der Waals surface area contributed by atoms with E-state index in [9.17, 15) is 4.39 Å². The highest BCUT2D eigenvalue weighted by molar-refractivity contribution is 14.0. The lowest BCUT2D eigenvalue weighted by Gasteiger charge is -2.22. The maximum atomic E-state index is 13.2. The van der Waals surface area contributed by atoms with E-state index in [4.69, 9.17) is 0 Å². The number of thiazole rings is 1. The lowest BCUT2D eigenvalue weighted by atomic mass is 10.2. The molecule has 0 amide bonds. The summed E-state index contributed by atoms with van der Waals surface area (Å²) in [6, 6.07) is 6.62. The molecule has 0 saturated carbocycles. The summed E-state index contributed by atoms with van der Waals surface area (Å²) >= 11 is 1.66. The van der Waals surface area contributed by atoms with Gasteiger partial charge in [0.1, 0.15) is 5.82 Å². The van der Waals surface area contributed by atoms with Gasteiger partial charge in [0.25, 0.3) is 0 Å². The van der Waals surface area contributed by atoms with E-state index in [0.29, 0.717) is 6.54 Å². The molecule has 0 spiro atoms. The quantitative estimate of drug-likeness (QED) is 0.433. The number of rotatable bonds is 5. The topological polar surface area (TPSA) is 40.5 Å². The van der Waals surface area contributed by atoms with Crippen LogP contribution < -0.4 is 5.32 Å². The third-order valence-electron chi connectivity index (χ3n) is 3.21. The molecule has 4 nitrogen and oxygen atoms in total. The van der Waals surface area contributed by atoms with Gasteiger partial charge in [-0.05, 0) is 24.6 Å². The average molecular weight is 448 g/mol. The smallest absolute Gasteiger partial charge is 0.193 e. The lowest BCUT2D eigenvalue weighted by molar-refractivity contribution is 0.475. The van der Waals surface area contributed by atoms with Crippen molar-refractivity contribution >= 4 is 41.3 Å². The van der Waals surface area contributed by atoms with Crippen molar-refractivity contribution < 1.29 is 4.39 Å². The van der Waals surface area contributed by atoms with E-state index in [1.54, 1.807) is 30.5 Å². The third-order valence-corrected chi connectivity index (χ3v) is 4.04. The number of hydrogen-bond acceptors (Lipinski definition) is 3. The standard InChI is InChI=1S/C16H21FN4S.HI/c1-12-20-15(11-22-12)7-8-19-16(18-2)21(3)10-13-5-4-6-14(17)9-13;/h4-6,9,11H,7-8,10H2,1-3H3,(H,18,19);1H. The fourth-order valence-electron chi connectivity index (χ4n) is 2.19. The molecule has 126 valence electrons. The van der Waals surface area contributed by atoms with E-state index in [-0.39, 0.29) is 29.8 Å². The molecular formula is C16H22FIN4S. The van der Waals surface area contributed by atoms with Crippen molar-refractivity contribution in [3.8, 4) is 0 Å². The second-order valence-corrected chi connectivity index (χ2v) is 6.13. The lowest BCUT2D eigenvalue weighted by Crippen LogP contribution is -2.39. The van der Waals surface area contributed by atoms with Gasteiger partial charge in [-0.25, -0.2) is 9.37 Å². The molecule has 23 heavy (non-hydrogen) atoms. The number of benzene rings is 1. The molecule has 0 radical (unpaired) electrons. The fraction of sp³-hybridized carbons (Fsp3) is 0.375. The summed E-state index contributed by atoms with van der Waals surface area (Å²) in [6.45, 7) is 3.38. The largest absolute Gasteiger partial charge is 0.356 e. The monoisotopic (exact) mass is 448 g/mol. The number of nitrogens with zero attached hydrogens (tertiary/aromatic N) is 3. The fourth-order valence-corrected chi connectivity index (χ4v) is 2.84. The van der Waals surface area contributed by atoms with Gasteiger partial charge in [0.05, 0.1) is 10.7 Å². The van der Waals surface area contributed by atoms with Crippen LogP contribution in [0.1, 0.15) is 16.3 Å². The van der Waals surface area contributed by atoms with Crippen LogP contribution in [0.4, 0.5) is 4.39 Å². The van der Waals surface area contributed by atoms with E-state index in [2.05, 4.69) is 20.7 Å². The van der Waals surface area contributed by atoms with Crippen molar-refractivity contribution in [2.24, 2.45) is 4.99 Å². The summed E-state index contributed by atoms with van der Waals surface area (Å²) < 4.78 is 13.2. The molecule has 0 saturated heterocycles. The first-order valence-corrected chi connectivity index (χ1v) is 8.03. The highest BCUT2D eigenvalue weighted by Crippen LogP contribution is 2.08. The molecule has 0 bridgehead atoms. The first kappa shape index (κ1) is 19.8. The Morgan fingerprint density at radius 2 is 2.22 bits per heavy atom. The van der Waals surface area contributed by atoms with Crippen molar-refractivity contribution in [3.63, 3.8) is 0 Å². The van der Waals surface area contributed by atoms with Gasteiger partial charge in [0.2, 0.25) is 0 Å². The highest BCUT2D eigenvalue weighted by atomic mass is 127. The second-order valence-electron chi connectivity index (χ2n) is 5.07. The molecule has 1 heterocycles. The number of guanidine groups is 1. The third kappa shape index (κ3) is 6.42. The van der Waals surface area contributed by atoms with Crippen LogP contribution in [0.5, 0.6) is 0 Å². The zero-order valence-corrected chi connectivity index (χ0v) is 16.7. The van der Waals surface area contributed by atoms with Crippen LogP contribution >= 0.6 is 35.3 Å². The minimum atomic E-state index is -0.215. The van der Waals surface area contributed by atoms with Gasteiger partial charge in [0, 0.05) is 39.0 Å². The summed E-state index contributed by atoms with van der Waals surface area (Å²) in [7, 11) is 3.69. The summed E-state index contributed by atoms with van der Waals surface area (Å²) in [5, 5.41) is 6.47. The number of halogens is 2. The van der Waals surface area contributed by atoms with Crippen LogP contribution in [-0.4, -0.2) is 36.5 Å². The van der Waals surface area contributed by atoms with Crippen LogP contribution in [0.3, 0.4) is 0 Å². The molecule has 7 heteroatoms. The second kappa shape index (κ2) is 9.82. The number of aliphatic imine (C=N–C) groups is 1. The summed E-state index contributed by atoms with van der Waals surface area (Å²) in [5.74, 6) is 0.573. The number of aryl methyl sites for hydroxylation is 1. The summed E-state index contributed by atoms with van der Waals surface area (Å²) in [5.41, 5.74) is 2.01. The maximum absolute atomic E-state index is 13.2. The van der Waals surface area contributed by atoms with E-state index in [1.807, 2.05) is 24.9 Å². The maximum Gasteiger partial charge on any atom is 0.193 e. The summed E-state index contributed by atoms with van der Waals surface area (Å²) in [4.78, 5) is 10.7. The molecule has 0 fully saturated rings. The predicted octanol–water partition coefficient (Wildman–Crippen LogP) is 3.46. The zero-order valence-electron chi connectivity index (χ0n) is 13.5. The van der Waals surface area contributed by atoms with Gasteiger partial charge >= 0.3 is 0 Å². The van der Waals surface area contributed by atoms with Crippen molar-refractivity contribution in [1.82, 2.24) is 15.2 Å². The zero-order chi connectivity index (χ0) is 15.9. The van der Waals surface area contributed by atoms with Gasteiger partial charge in [-0.1, -0.05) is 12.1 Å². The molecule has 1 N–H and O–H groups in total. The SMILES string of the molecule is CN=C(NCCc1csc(C)n1)N(C)Cc1cccc(F)c1.I. The predicted molar refractivity (Wildman–Crippen MR) is 105 cm³/mol. The van der Waals surface area contributed by atoms with E-state index in [1.165, 1.54) is 6.07 Å². The molecule has 1 aromatic carbocycles. The van der Waals surface area contributed by atoms with Gasteiger partial charge < -0.3 is 10.2 Å². The molecule has 0 aliphatic heterocycles. The Bertz CT molecular complexity index is 645. The number of hydrogen-bond donors (Lipinski definition) is 1. The average Bonchev–Trinajstić information content (AvgIpc) is 2.89. The Morgan fingerprint density at radius 1 is 1.43 bits per heavy atom. The van der Waals surface area contributed by atoms with Crippen molar-refractivity contribution in [2.45, 2.75) is 19.9 Å². The molecule has 0 aliphatic carbocycles. The van der Waals surface area contributed by atoms with Gasteiger partial charge in [-0.15, -0.1) is 35.3 Å². The van der Waals surface area contributed by atoms with Crippen molar-refractivity contribution in [2.75, 3.05) is 20.6 Å². The van der Waals surface area contributed by atoms with Crippen LogP contribution in [0.2, 0.25) is 0 Å². The minimum Gasteiger partial charge on any atom is -0.356 e. The Labute approximate surface area is 157 Å². The highest BCUT2D eigenvalue weighted by Gasteiger charge is 2.07. The first-order chi connectivity index (χ1) is 10.6. The van der Waals surface area contributed by atoms with Crippen LogP contribution in [0, 0.1) is 12.7 Å². The van der Waals surface area contributed by atoms with E-state index < -0.39 is 0 Å². The van der Waals surface area contributed by atoms with Gasteiger partial charge in [-0.3, -0.25) is 4.99 Å². The molecule has 2 aromatic rings. The van der Waals surface area contributed by atoms with Gasteiger partial charge in [-0.2, -0.15) is 0 Å². The van der Waals surface area contributed by atoms with Crippen molar-refractivity contribution in [1.29, 1.82) is 0 Å². The minimum absolute atomic E-state index is 0. The molecule has 1 aromatic heterocycles. The Morgan fingerprint density at radius 3 is 2.83 bits per heavy atom. The Balaban J connectivity index is 0.00000264. The number of nitrogens with one attached hydrogen (secondary N) is 1. The normalized spacial score (nSPS) is 11.0. The van der Waals surface area contributed by atoms with E-state index in [0.717, 1.165) is 35.2 Å². The Hall–Kier alpha value is -1.22. The number of aromatic nitrogens is 1. The van der Waals surface area contributed by atoms with Gasteiger partial charge in [0.15, 0.2) is 5.96 Å². The van der Waals surface area contributed by atoms with Crippen LogP contribution in [0.15, 0.2) is 34.6 Å². The Kier molecular flexibility index (Phi) is 8.46. The molecule has 0 atom stereocenters. The molecule has 2 rings (SSSR count). The van der Waals surface area contributed by atoms with Crippen molar-refractivity contribution in [3.05, 3.63) is 51.7 Å². The van der Waals surface area contributed by atoms with Crippen LogP contribution in [0.25, 0.3) is 0 Å². The molecule has 0 aliphatic rings. The molecular weight excluding hydrogens is 426 g/mol. The molecule has 0 unspecified atom stereocenters.